The second-order valence-corrected chi connectivity index (χ2v) is 10.5. The molecule has 2 aromatic carbocycles. The lowest BCUT2D eigenvalue weighted by Gasteiger charge is -2.42. The highest BCUT2D eigenvalue weighted by molar-refractivity contribution is 5.85. The first-order valence-corrected chi connectivity index (χ1v) is 12.6. The molecule has 1 aromatic heterocycles. The summed E-state index contributed by atoms with van der Waals surface area (Å²) >= 11 is 0. The van der Waals surface area contributed by atoms with Crippen molar-refractivity contribution in [3.63, 3.8) is 0 Å². The average molecular weight is 486 g/mol. The van der Waals surface area contributed by atoms with Gasteiger partial charge >= 0.3 is 0 Å². The molecule has 0 spiro atoms. The van der Waals surface area contributed by atoms with Gasteiger partial charge in [-0.2, -0.15) is 0 Å². The lowest BCUT2D eigenvalue weighted by atomic mass is 9.87. The molecule has 188 valence electrons. The summed E-state index contributed by atoms with van der Waals surface area (Å²) in [5, 5.41) is 1.12. The van der Waals surface area contributed by atoms with Crippen molar-refractivity contribution in [2.45, 2.75) is 39.3 Å². The Bertz CT molecular complexity index is 1160. The molecular formula is C28H34F3N3O. The Hall–Kier alpha value is -2.51. The van der Waals surface area contributed by atoms with Crippen LogP contribution < -0.4 is 4.74 Å². The predicted molar refractivity (Wildman–Crippen MR) is 133 cm³/mol. The van der Waals surface area contributed by atoms with Gasteiger partial charge in [-0.3, -0.25) is 14.2 Å². The van der Waals surface area contributed by atoms with Gasteiger partial charge in [0.15, 0.2) is 0 Å². The van der Waals surface area contributed by atoms with E-state index < -0.39 is 17.7 Å². The van der Waals surface area contributed by atoms with Crippen LogP contribution in [0.5, 0.6) is 5.75 Å². The summed E-state index contributed by atoms with van der Waals surface area (Å²) < 4.78 is 49.5. The fourth-order valence-electron chi connectivity index (χ4n) is 5.68. The molecule has 0 bridgehead atoms. The van der Waals surface area contributed by atoms with Gasteiger partial charge in [0.05, 0.1) is 12.7 Å². The molecule has 35 heavy (non-hydrogen) atoms. The minimum absolute atomic E-state index is 0.0610. The molecule has 1 fully saturated rings. The van der Waals surface area contributed by atoms with E-state index in [0.717, 1.165) is 35.1 Å². The van der Waals surface area contributed by atoms with E-state index in [4.69, 9.17) is 4.74 Å². The van der Waals surface area contributed by atoms with E-state index in [-0.39, 0.29) is 29.9 Å². The van der Waals surface area contributed by atoms with Crippen LogP contribution in [0.25, 0.3) is 10.9 Å². The van der Waals surface area contributed by atoms with E-state index in [2.05, 4.69) is 41.6 Å². The zero-order valence-electron chi connectivity index (χ0n) is 20.7. The molecule has 0 aliphatic carbocycles. The normalized spacial score (nSPS) is 21.5. The van der Waals surface area contributed by atoms with Gasteiger partial charge in [-0.15, -0.1) is 0 Å². The zero-order valence-corrected chi connectivity index (χ0v) is 20.7. The fourth-order valence-corrected chi connectivity index (χ4v) is 5.68. The highest BCUT2D eigenvalue weighted by Gasteiger charge is 2.39. The van der Waals surface area contributed by atoms with Crippen LogP contribution in [0.1, 0.15) is 43.6 Å². The number of ether oxygens (including phenoxy) is 1. The number of rotatable bonds is 8. The number of hydrogen-bond donors (Lipinski definition) is 1. The van der Waals surface area contributed by atoms with Gasteiger partial charge in [-0.25, -0.2) is 8.78 Å². The van der Waals surface area contributed by atoms with Gasteiger partial charge in [-0.1, -0.05) is 32.0 Å². The molecule has 7 heteroatoms. The van der Waals surface area contributed by atoms with Crippen molar-refractivity contribution in [2.75, 3.05) is 39.5 Å². The number of benzene rings is 2. The number of halogens is 3. The number of alkyl halides is 1. The SMILES string of the molecule is CC(C)CN1[C@H](c2c(F)cc(OCCN3CC(CF)C3)cc2F)c2[nH]c3ccccc3c2C[C@H]1C. The van der Waals surface area contributed by atoms with Crippen molar-refractivity contribution in [1.82, 2.24) is 14.8 Å². The van der Waals surface area contributed by atoms with Crippen LogP contribution in [-0.2, 0) is 6.42 Å². The van der Waals surface area contributed by atoms with Gasteiger partial charge in [-0.05, 0) is 30.9 Å². The molecule has 3 aromatic rings. The van der Waals surface area contributed by atoms with Crippen molar-refractivity contribution >= 4 is 10.9 Å². The standard InChI is InChI=1S/C28H34F3N3O/c1-17(2)14-34-18(3)10-22-21-6-4-5-7-25(21)32-27(22)28(34)26-23(30)11-20(12-24(26)31)35-9-8-33-15-19(13-29)16-33/h4-7,11-12,17-19,28,32H,8-10,13-16H2,1-3H3/t18-,28-/m1/s1. The number of fused-ring (bicyclic) bond motifs is 3. The lowest BCUT2D eigenvalue weighted by Crippen LogP contribution is -2.49. The largest absolute Gasteiger partial charge is 0.492 e. The maximum atomic E-state index is 15.6. The fraction of sp³-hybridized carbons (Fsp3) is 0.500. The van der Waals surface area contributed by atoms with Crippen molar-refractivity contribution in [1.29, 1.82) is 0 Å². The average Bonchev–Trinajstić information content (AvgIpc) is 3.14. The number of hydrogen-bond acceptors (Lipinski definition) is 3. The molecule has 2 aliphatic heterocycles. The van der Waals surface area contributed by atoms with Crippen molar-refractivity contribution in [3.05, 3.63) is 64.9 Å². The van der Waals surface area contributed by atoms with Crippen LogP contribution >= 0.6 is 0 Å². The molecule has 4 nitrogen and oxygen atoms in total. The maximum absolute atomic E-state index is 15.6. The molecular weight excluding hydrogens is 451 g/mol. The molecule has 0 amide bonds. The van der Waals surface area contributed by atoms with Crippen LogP contribution in [0.3, 0.4) is 0 Å². The van der Waals surface area contributed by atoms with Crippen molar-refractivity contribution in [3.8, 4) is 5.75 Å². The molecule has 2 aliphatic rings. The number of nitrogens with zero attached hydrogens (tertiary/aromatic N) is 2. The van der Waals surface area contributed by atoms with E-state index in [1.807, 2.05) is 18.2 Å². The van der Waals surface area contributed by atoms with Gasteiger partial charge in [0.25, 0.3) is 0 Å². The zero-order chi connectivity index (χ0) is 24.7. The Morgan fingerprint density at radius 3 is 2.51 bits per heavy atom. The van der Waals surface area contributed by atoms with E-state index in [9.17, 15) is 4.39 Å². The summed E-state index contributed by atoms with van der Waals surface area (Å²) in [5.74, 6) is -0.566. The number of aromatic nitrogens is 1. The minimum Gasteiger partial charge on any atom is -0.492 e. The molecule has 0 saturated carbocycles. The first-order valence-electron chi connectivity index (χ1n) is 12.6. The molecule has 2 atom stereocenters. The third kappa shape index (κ3) is 4.68. The maximum Gasteiger partial charge on any atom is 0.135 e. The Morgan fingerprint density at radius 2 is 1.83 bits per heavy atom. The second-order valence-electron chi connectivity index (χ2n) is 10.5. The van der Waals surface area contributed by atoms with Gasteiger partial charge in [0, 0.05) is 72.4 Å². The number of likely N-dealkylation sites (tertiary alicyclic amines) is 1. The molecule has 3 heterocycles. The van der Waals surface area contributed by atoms with Gasteiger partial charge in [0.1, 0.15) is 24.0 Å². The van der Waals surface area contributed by atoms with Gasteiger partial charge in [0.2, 0.25) is 0 Å². The Kier molecular flexibility index (Phi) is 6.82. The van der Waals surface area contributed by atoms with Crippen LogP contribution in [-0.4, -0.2) is 60.3 Å². The van der Waals surface area contributed by atoms with Crippen LogP contribution in [0.15, 0.2) is 36.4 Å². The van der Waals surface area contributed by atoms with Crippen LogP contribution in [0.4, 0.5) is 13.2 Å². The van der Waals surface area contributed by atoms with Crippen LogP contribution in [0, 0.1) is 23.5 Å². The van der Waals surface area contributed by atoms with Crippen molar-refractivity contribution < 1.29 is 17.9 Å². The highest BCUT2D eigenvalue weighted by Crippen LogP contribution is 2.43. The monoisotopic (exact) mass is 485 g/mol. The first kappa shape index (κ1) is 24.2. The third-order valence-electron chi connectivity index (χ3n) is 7.35. The molecule has 1 N–H and O–H groups in total. The molecule has 1 saturated heterocycles. The van der Waals surface area contributed by atoms with Crippen LogP contribution in [0.2, 0.25) is 0 Å². The third-order valence-corrected chi connectivity index (χ3v) is 7.35. The molecule has 0 unspecified atom stereocenters. The lowest BCUT2D eigenvalue weighted by molar-refractivity contribution is 0.0667. The molecule has 5 rings (SSSR count). The van der Waals surface area contributed by atoms with Crippen molar-refractivity contribution in [2.24, 2.45) is 11.8 Å². The highest BCUT2D eigenvalue weighted by atomic mass is 19.1. The quantitative estimate of drug-likeness (QED) is 0.443. The Morgan fingerprint density at radius 1 is 1.11 bits per heavy atom. The predicted octanol–water partition coefficient (Wildman–Crippen LogP) is 5.72. The Balaban J connectivity index is 1.45. The second kappa shape index (κ2) is 9.86. The van der Waals surface area contributed by atoms with E-state index in [0.29, 0.717) is 32.2 Å². The van der Waals surface area contributed by atoms with E-state index >= 15 is 8.78 Å². The van der Waals surface area contributed by atoms with Gasteiger partial charge < -0.3 is 9.72 Å². The van der Waals surface area contributed by atoms with E-state index in [1.54, 1.807) is 0 Å². The number of para-hydroxylation sites is 1. The smallest absolute Gasteiger partial charge is 0.135 e. The summed E-state index contributed by atoms with van der Waals surface area (Å²) in [7, 11) is 0. The summed E-state index contributed by atoms with van der Waals surface area (Å²) in [6, 6.07) is 10.2. The van der Waals surface area contributed by atoms with E-state index in [1.165, 1.54) is 12.1 Å². The first-order chi connectivity index (χ1) is 16.9. The number of aromatic amines is 1. The number of nitrogens with one attached hydrogen (secondary N) is 1. The number of H-pyrrole nitrogens is 1. The summed E-state index contributed by atoms with van der Waals surface area (Å²) in [6.07, 6.45) is 0.826. The Labute approximate surface area is 205 Å². The summed E-state index contributed by atoms with van der Waals surface area (Å²) in [4.78, 5) is 7.78. The summed E-state index contributed by atoms with van der Waals surface area (Å²) in [6.45, 7) is 9.15. The summed E-state index contributed by atoms with van der Waals surface area (Å²) in [5.41, 5.74) is 3.06. The topological polar surface area (TPSA) is 31.5 Å². The minimum atomic E-state index is -0.598. The molecule has 0 radical (unpaired) electrons.